The number of hydrogen-bond donors (Lipinski definition) is 1. The lowest BCUT2D eigenvalue weighted by molar-refractivity contribution is -0.127. The Morgan fingerprint density at radius 1 is 0.909 bits per heavy atom. The Morgan fingerprint density at radius 2 is 1.55 bits per heavy atom. The molecule has 0 spiro atoms. The SMILES string of the molecule is C=C1CC(c2cccc(Nc3ccccc3CC(F)(F)F)c2Cl)CC(=C)N1C1CCCCC1. The minimum absolute atomic E-state index is 0.143. The molecular formula is C27H30ClF3N2. The molecule has 1 heterocycles. The third kappa shape index (κ3) is 5.57. The van der Waals surface area contributed by atoms with Crippen LogP contribution in [0.2, 0.25) is 5.02 Å². The highest BCUT2D eigenvalue weighted by Gasteiger charge is 2.33. The molecule has 2 aliphatic rings. The maximum absolute atomic E-state index is 13.0. The Morgan fingerprint density at radius 3 is 2.21 bits per heavy atom. The third-order valence-electron chi connectivity index (χ3n) is 6.73. The van der Waals surface area contributed by atoms with Crippen molar-refractivity contribution in [3.05, 3.63) is 83.2 Å². The number of rotatable bonds is 5. The molecule has 0 amide bonds. The lowest BCUT2D eigenvalue weighted by Crippen LogP contribution is -2.38. The van der Waals surface area contributed by atoms with E-state index in [4.69, 9.17) is 11.6 Å². The average molecular weight is 475 g/mol. The van der Waals surface area contributed by atoms with Crippen LogP contribution in [0.5, 0.6) is 0 Å². The zero-order valence-corrected chi connectivity index (χ0v) is 19.5. The number of hydrogen-bond acceptors (Lipinski definition) is 2. The molecule has 0 bridgehead atoms. The van der Waals surface area contributed by atoms with Gasteiger partial charge in [0.2, 0.25) is 0 Å². The Labute approximate surface area is 199 Å². The lowest BCUT2D eigenvalue weighted by Gasteiger charge is -2.44. The summed E-state index contributed by atoms with van der Waals surface area (Å²) >= 11 is 6.80. The van der Waals surface area contributed by atoms with Gasteiger partial charge in [0.15, 0.2) is 0 Å². The van der Waals surface area contributed by atoms with Crippen molar-refractivity contribution in [3.63, 3.8) is 0 Å². The number of piperidine rings is 1. The van der Waals surface area contributed by atoms with E-state index in [0.717, 1.165) is 29.8 Å². The van der Waals surface area contributed by atoms with Gasteiger partial charge in [-0.25, -0.2) is 0 Å². The summed E-state index contributed by atoms with van der Waals surface area (Å²) in [5.74, 6) is 0.143. The molecule has 1 N–H and O–H groups in total. The molecule has 2 aromatic carbocycles. The van der Waals surface area contributed by atoms with Crippen LogP contribution in [0.15, 0.2) is 67.0 Å². The molecule has 0 atom stereocenters. The van der Waals surface area contributed by atoms with Crippen molar-refractivity contribution in [1.82, 2.24) is 4.90 Å². The van der Waals surface area contributed by atoms with E-state index in [1.807, 2.05) is 12.1 Å². The van der Waals surface area contributed by atoms with Crippen LogP contribution in [-0.2, 0) is 6.42 Å². The number of halogens is 4. The summed E-state index contributed by atoms with van der Waals surface area (Å²) < 4.78 is 39.0. The van der Waals surface area contributed by atoms with Gasteiger partial charge in [-0.15, -0.1) is 0 Å². The van der Waals surface area contributed by atoms with Crippen molar-refractivity contribution in [1.29, 1.82) is 0 Å². The number of alkyl halides is 3. The highest BCUT2D eigenvalue weighted by Crippen LogP contribution is 2.45. The van der Waals surface area contributed by atoms with E-state index in [2.05, 4.69) is 23.4 Å². The Bertz CT molecular complexity index is 1010. The van der Waals surface area contributed by atoms with Gasteiger partial charge < -0.3 is 10.2 Å². The number of allylic oxidation sites excluding steroid dienone is 2. The molecule has 0 radical (unpaired) electrons. The minimum Gasteiger partial charge on any atom is -0.354 e. The van der Waals surface area contributed by atoms with E-state index in [-0.39, 0.29) is 11.5 Å². The molecule has 0 unspecified atom stereocenters. The third-order valence-corrected chi connectivity index (χ3v) is 7.15. The second-order valence-electron chi connectivity index (χ2n) is 9.18. The summed E-state index contributed by atoms with van der Waals surface area (Å²) in [4.78, 5) is 2.35. The van der Waals surface area contributed by atoms with Crippen molar-refractivity contribution in [3.8, 4) is 0 Å². The number of nitrogens with zero attached hydrogens (tertiary/aromatic N) is 1. The highest BCUT2D eigenvalue weighted by molar-refractivity contribution is 6.34. The molecule has 33 heavy (non-hydrogen) atoms. The van der Waals surface area contributed by atoms with E-state index in [9.17, 15) is 13.2 Å². The van der Waals surface area contributed by atoms with Gasteiger partial charge >= 0.3 is 6.18 Å². The average Bonchev–Trinajstić information content (AvgIpc) is 2.76. The minimum atomic E-state index is -4.28. The number of benzene rings is 2. The fraction of sp³-hybridized carbons (Fsp3) is 0.407. The van der Waals surface area contributed by atoms with Crippen molar-refractivity contribution < 1.29 is 13.2 Å². The second kappa shape index (κ2) is 9.84. The Kier molecular flexibility index (Phi) is 7.08. The molecule has 6 heteroatoms. The molecule has 2 nitrogen and oxygen atoms in total. The molecule has 2 fully saturated rings. The topological polar surface area (TPSA) is 15.3 Å². The van der Waals surface area contributed by atoms with E-state index in [0.29, 0.717) is 22.4 Å². The quantitative estimate of drug-likeness (QED) is 0.466. The zero-order valence-electron chi connectivity index (χ0n) is 18.7. The van der Waals surface area contributed by atoms with Gasteiger partial charge in [0.1, 0.15) is 0 Å². The van der Waals surface area contributed by atoms with Crippen molar-refractivity contribution in [2.75, 3.05) is 5.32 Å². The summed E-state index contributed by atoms with van der Waals surface area (Å²) in [6.45, 7) is 8.72. The van der Waals surface area contributed by atoms with Gasteiger partial charge in [0.05, 0.1) is 17.1 Å². The smallest absolute Gasteiger partial charge is 0.354 e. The van der Waals surface area contributed by atoms with Gasteiger partial charge in [-0.2, -0.15) is 13.2 Å². The monoisotopic (exact) mass is 474 g/mol. The first-order valence-electron chi connectivity index (χ1n) is 11.6. The first kappa shape index (κ1) is 23.7. The maximum atomic E-state index is 13.0. The Hall–Kier alpha value is -2.40. The molecule has 0 aromatic heterocycles. The van der Waals surface area contributed by atoms with E-state index < -0.39 is 12.6 Å². The molecule has 1 aliphatic heterocycles. The van der Waals surface area contributed by atoms with Gasteiger partial charge in [-0.3, -0.25) is 0 Å². The van der Waals surface area contributed by atoms with Crippen LogP contribution in [0.25, 0.3) is 0 Å². The molecule has 1 aliphatic carbocycles. The first-order chi connectivity index (χ1) is 15.7. The van der Waals surface area contributed by atoms with E-state index in [1.165, 1.54) is 38.2 Å². The number of likely N-dealkylation sites (tertiary alicyclic amines) is 1. The molecule has 4 rings (SSSR count). The molecule has 1 saturated heterocycles. The predicted molar refractivity (Wildman–Crippen MR) is 130 cm³/mol. The summed E-state index contributed by atoms with van der Waals surface area (Å²) in [6, 6.07) is 12.7. The van der Waals surface area contributed by atoms with Gasteiger partial charge in [-0.1, -0.05) is 74.4 Å². The zero-order chi connectivity index (χ0) is 23.6. The first-order valence-corrected chi connectivity index (χ1v) is 12.0. The van der Waals surface area contributed by atoms with Crippen LogP contribution in [0.1, 0.15) is 62.0 Å². The molecular weight excluding hydrogens is 445 g/mol. The van der Waals surface area contributed by atoms with Crippen molar-refractivity contribution in [2.24, 2.45) is 0 Å². The molecule has 1 saturated carbocycles. The standard InChI is InChI=1S/C27H30ClF3N2/c1-18-15-21(16-19(2)33(18)22-10-4-3-5-11-22)23-12-8-14-25(26(23)28)32-24-13-7-6-9-20(24)17-27(29,30)31/h6-9,12-14,21-22,32H,1-5,10-11,15-17H2. The van der Waals surface area contributed by atoms with E-state index in [1.54, 1.807) is 24.3 Å². The van der Waals surface area contributed by atoms with Crippen LogP contribution in [0.3, 0.4) is 0 Å². The van der Waals surface area contributed by atoms with Crippen molar-refractivity contribution >= 4 is 23.0 Å². The van der Waals surface area contributed by atoms with Crippen LogP contribution in [0, 0.1) is 0 Å². The molecule has 2 aromatic rings. The van der Waals surface area contributed by atoms with Crippen LogP contribution in [-0.4, -0.2) is 17.1 Å². The van der Waals surface area contributed by atoms with Gasteiger partial charge in [-0.05, 0) is 54.9 Å². The highest BCUT2D eigenvalue weighted by atomic mass is 35.5. The van der Waals surface area contributed by atoms with Gasteiger partial charge in [0.25, 0.3) is 0 Å². The summed E-state index contributed by atoms with van der Waals surface area (Å²) in [5.41, 5.74) is 4.33. The fourth-order valence-electron chi connectivity index (χ4n) is 5.26. The molecule has 176 valence electrons. The summed E-state index contributed by atoms with van der Waals surface area (Å²) in [6.07, 6.45) is 2.48. The number of anilines is 2. The Balaban J connectivity index is 1.54. The van der Waals surface area contributed by atoms with Crippen LogP contribution < -0.4 is 5.32 Å². The van der Waals surface area contributed by atoms with Gasteiger partial charge in [0, 0.05) is 23.1 Å². The predicted octanol–water partition coefficient (Wildman–Crippen LogP) is 8.73. The largest absolute Gasteiger partial charge is 0.393 e. The second-order valence-corrected chi connectivity index (χ2v) is 9.56. The van der Waals surface area contributed by atoms with E-state index >= 15 is 0 Å². The van der Waals surface area contributed by atoms with Crippen LogP contribution >= 0.6 is 11.6 Å². The number of para-hydroxylation sites is 1. The lowest BCUT2D eigenvalue weighted by atomic mass is 9.83. The van der Waals surface area contributed by atoms with Crippen molar-refractivity contribution in [2.45, 2.75) is 69.5 Å². The fourth-order valence-corrected chi connectivity index (χ4v) is 5.58. The normalized spacial score (nSPS) is 18.6. The maximum Gasteiger partial charge on any atom is 0.393 e. The summed E-state index contributed by atoms with van der Waals surface area (Å²) in [5, 5.41) is 3.68. The van der Waals surface area contributed by atoms with Crippen LogP contribution in [0.4, 0.5) is 24.5 Å². The number of nitrogens with one attached hydrogen (secondary N) is 1. The summed E-state index contributed by atoms with van der Waals surface area (Å²) in [7, 11) is 0.